The minimum Gasteiger partial charge on any atom is -0.399 e. The smallest absolute Gasteiger partial charge is 0.233 e. The molecule has 1 amide bonds. The molecule has 1 aliphatic rings. The molecule has 0 spiro atoms. The van der Waals surface area contributed by atoms with Crippen molar-refractivity contribution in [2.45, 2.75) is 32.1 Å². The highest BCUT2D eigenvalue weighted by Crippen LogP contribution is 2.49. The Morgan fingerprint density at radius 1 is 1.33 bits per heavy atom. The molecular formula is C17H26N2O2. The maximum Gasteiger partial charge on any atom is 0.233 e. The first-order valence-corrected chi connectivity index (χ1v) is 7.64. The van der Waals surface area contributed by atoms with Crippen molar-refractivity contribution in [3.05, 3.63) is 29.8 Å². The average molecular weight is 290 g/mol. The van der Waals surface area contributed by atoms with E-state index in [0.717, 1.165) is 30.6 Å². The van der Waals surface area contributed by atoms with Crippen LogP contribution in [0.2, 0.25) is 0 Å². The van der Waals surface area contributed by atoms with Crippen LogP contribution in [-0.4, -0.2) is 37.6 Å². The molecule has 0 heterocycles. The number of methoxy groups -OCH3 is 1. The fourth-order valence-electron chi connectivity index (χ4n) is 2.77. The molecular weight excluding hydrogens is 264 g/mol. The molecule has 1 aromatic carbocycles. The summed E-state index contributed by atoms with van der Waals surface area (Å²) in [6.07, 6.45) is 1.86. The summed E-state index contributed by atoms with van der Waals surface area (Å²) in [7, 11) is 1.67. The number of amides is 1. The summed E-state index contributed by atoms with van der Waals surface area (Å²) in [6.45, 7) is 6.28. The van der Waals surface area contributed by atoms with Crippen LogP contribution in [0.15, 0.2) is 24.3 Å². The number of nitrogens with two attached hydrogens (primary N) is 1. The topological polar surface area (TPSA) is 55.6 Å². The summed E-state index contributed by atoms with van der Waals surface area (Å²) >= 11 is 0. The number of anilines is 1. The van der Waals surface area contributed by atoms with Gasteiger partial charge in [-0.3, -0.25) is 4.79 Å². The van der Waals surface area contributed by atoms with Crippen molar-refractivity contribution in [1.29, 1.82) is 0 Å². The van der Waals surface area contributed by atoms with E-state index in [9.17, 15) is 4.79 Å². The predicted octanol–water partition coefficient (Wildman–Crippen LogP) is 2.43. The van der Waals surface area contributed by atoms with Crippen LogP contribution in [0.5, 0.6) is 0 Å². The van der Waals surface area contributed by atoms with E-state index in [4.69, 9.17) is 10.5 Å². The number of carbonyl (C=O) groups is 1. The Labute approximate surface area is 127 Å². The lowest BCUT2D eigenvalue weighted by atomic mass is 9.93. The van der Waals surface area contributed by atoms with Crippen LogP contribution in [0.1, 0.15) is 32.3 Å². The summed E-state index contributed by atoms with van der Waals surface area (Å²) in [5.41, 5.74) is 7.25. The minimum atomic E-state index is -0.323. The SMILES string of the molecule is COCCN(CC(C)C)C(=O)C1(c2ccc(N)cc2)CC1. The maximum absolute atomic E-state index is 13.0. The number of nitrogens with zero attached hydrogens (tertiary/aromatic N) is 1. The van der Waals surface area contributed by atoms with Crippen molar-refractivity contribution in [3.8, 4) is 0 Å². The first-order valence-electron chi connectivity index (χ1n) is 7.64. The molecule has 116 valence electrons. The van der Waals surface area contributed by atoms with E-state index < -0.39 is 0 Å². The molecule has 4 nitrogen and oxygen atoms in total. The number of benzene rings is 1. The van der Waals surface area contributed by atoms with Gasteiger partial charge in [0.2, 0.25) is 5.91 Å². The van der Waals surface area contributed by atoms with Gasteiger partial charge in [0.05, 0.1) is 12.0 Å². The largest absolute Gasteiger partial charge is 0.399 e. The molecule has 0 bridgehead atoms. The summed E-state index contributed by atoms with van der Waals surface area (Å²) in [5.74, 6) is 0.686. The van der Waals surface area contributed by atoms with Crippen LogP contribution in [-0.2, 0) is 14.9 Å². The van der Waals surface area contributed by atoms with E-state index in [2.05, 4.69) is 13.8 Å². The van der Waals surface area contributed by atoms with E-state index in [-0.39, 0.29) is 11.3 Å². The highest BCUT2D eigenvalue weighted by Gasteiger charge is 2.52. The van der Waals surface area contributed by atoms with Crippen molar-refractivity contribution in [2.75, 3.05) is 32.5 Å². The Morgan fingerprint density at radius 2 is 1.95 bits per heavy atom. The predicted molar refractivity (Wildman–Crippen MR) is 85.1 cm³/mol. The first kappa shape index (κ1) is 15.8. The quantitative estimate of drug-likeness (QED) is 0.785. The lowest BCUT2D eigenvalue weighted by Gasteiger charge is -2.29. The zero-order valence-electron chi connectivity index (χ0n) is 13.3. The average Bonchev–Trinajstić information content (AvgIpc) is 3.24. The Morgan fingerprint density at radius 3 is 2.43 bits per heavy atom. The summed E-state index contributed by atoms with van der Waals surface area (Å²) in [5, 5.41) is 0. The molecule has 2 rings (SSSR count). The molecule has 0 radical (unpaired) electrons. The molecule has 21 heavy (non-hydrogen) atoms. The monoisotopic (exact) mass is 290 g/mol. The third-order valence-corrected chi connectivity index (χ3v) is 4.06. The second-order valence-electron chi connectivity index (χ2n) is 6.34. The van der Waals surface area contributed by atoms with Gasteiger partial charge in [0.1, 0.15) is 0 Å². The summed E-state index contributed by atoms with van der Waals surface area (Å²) in [6, 6.07) is 7.74. The Hall–Kier alpha value is -1.55. The van der Waals surface area contributed by atoms with Crippen LogP contribution < -0.4 is 5.73 Å². The van der Waals surface area contributed by atoms with Gasteiger partial charge in [-0.25, -0.2) is 0 Å². The molecule has 2 N–H and O–H groups in total. The van der Waals surface area contributed by atoms with Crippen molar-refractivity contribution >= 4 is 11.6 Å². The molecule has 4 heteroatoms. The summed E-state index contributed by atoms with van der Waals surface area (Å²) < 4.78 is 5.15. The van der Waals surface area contributed by atoms with Crippen molar-refractivity contribution in [2.24, 2.45) is 5.92 Å². The van der Waals surface area contributed by atoms with Crippen LogP contribution >= 0.6 is 0 Å². The van der Waals surface area contributed by atoms with Crippen LogP contribution in [0.25, 0.3) is 0 Å². The van der Waals surface area contributed by atoms with Gasteiger partial charge in [-0.15, -0.1) is 0 Å². The third kappa shape index (κ3) is 3.56. The fourth-order valence-corrected chi connectivity index (χ4v) is 2.77. The molecule has 0 aromatic heterocycles. The number of carbonyl (C=O) groups excluding carboxylic acids is 1. The lowest BCUT2D eigenvalue weighted by molar-refractivity contribution is -0.135. The molecule has 0 unspecified atom stereocenters. The number of hydrogen-bond donors (Lipinski definition) is 1. The van der Waals surface area contributed by atoms with Crippen molar-refractivity contribution < 1.29 is 9.53 Å². The number of hydrogen-bond acceptors (Lipinski definition) is 3. The summed E-state index contributed by atoms with van der Waals surface area (Å²) in [4.78, 5) is 14.9. The second-order valence-corrected chi connectivity index (χ2v) is 6.34. The van der Waals surface area contributed by atoms with Gasteiger partial charge in [-0.05, 0) is 36.5 Å². The Kier molecular flexibility index (Phi) is 4.88. The van der Waals surface area contributed by atoms with Crippen molar-refractivity contribution in [1.82, 2.24) is 4.90 Å². The molecule has 0 aliphatic heterocycles. The van der Waals surface area contributed by atoms with E-state index in [1.54, 1.807) is 7.11 Å². The Balaban J connectivity index is 2.16. The normalized spacial score (nSPS) is 16.0. The van der Waals surface area contributed by atoms with E-state index in [0.29, 0.717) is 19.1 Å². The number of rotatable bonds is 7. The Bertz CT molecular complexity index is 478. The molecule has 1 aromatic rings. The van der Waals surface area contributed by atoms with Gasteiger partial charge < -0.3 is 15.4 Å². The van der Waals surface area contributed by atoms with Crippen molar-refractivity contribution in [3.63, 3.8) is 0 Å². The van der Waals surface area contributed by atoms with Crippen LogP contribution in [0.4, 0.5) is 5.69 Å². The maximum atomic E-state index is 13.0. The number of nitrogen functional groups attached to an aromatic ring is 1. The standard InChI is InChI=1S/C17H26N2O2/c1-13(2)12-19(10-11-21-3)16(20)17(8-9-17)14-4-6-15(18)7-5-14/h4-7,13H,8-12,18H2,1-3H3. The second kappa shape index (κ2) is 6.48. The van der Waals surface area contributed by atoms with Crippen LogP contribution in [0.3, 0.4) is 0 Å². The van der Waals surface area contributed by atoms with E-state index in [1.165, 1.54) is 0 Å². The molecule has 1 fully saturated rings. The van der Waals surface area contributed by atoms with E-state index in [1.807, 2.05) is 29.2 Å². The van der Waals surface area contributed by atoms with Gasteiger partial charge in [0, 0.05) is 25.9 Å². The van der Waals surface area contributed by atoms with Gasteiger partial charge in [0.15, 0.2) is 0 Å². The molecule has 0 atom stereocenters. The zero-order valence-corrected chi connectivity index (χ0v) is 13.3. The van der Waals surface area contributed by atoms with Gasteiger partial charge in [0.25, 0.3) is 0 Å². The minimum absolute atomic E-state index is 0.234. The highest BCUT2D eigenvalue weighted by atomic mass is 16.5. The fraction of sp³-hybridized carbons (Fsp3) is 0.588. The molecule has 1 saturated carbocycles. The third-order valence-electron chi connectivity index (χ3n) is 4.06. The van der Waals surface area contributed by atoms with Gasteiger partial charge in [-0.1, -0.05) is 26.0 Å². The number of ether oxygens (including phenoxy) is 1. The zero-order chi connectivity index (χ0) is 15.5. The highest BCUT2D eigenvalue weighted by molar-refractivity contribution is 5.91. The first-order chi connectivity index (χ1) is 9.99. The molecule has 1 aliphatic carbocycles. The van der Waals surface area contributed by atoms with E-state index >= 15 is 0 Å². The molecule has 0 saturated heterocycles. The lowest BCUT2D eigenvalue weighted by Crippen LogP contribution is -2.43. The van der Waals surface area contributed by atoms with Gasteiger partial charge in [-0.2, -0.15) is 0 Å². The van der Waals surface area contributed by atoms with Crippen LogP contribution in [0, 0.1) is 5.92 Å². The van der Waals surface area contributed by atoms with Gasteiger partial charge >= 0.3 is 0 Å².